The lowest BCUT2D eigenvalue weighted by atomic mass is 10.0. The van der Waals surface area contributed by atoms with Gasteiger partial charge in [0.25, 0.3) is 0 Å². The van der Waals surface area contributed by atoms with Gasteiger partial charge in [-0.1, -0.05) is 12.8 Å². The third-order valence-electron chi connectivity index (χ3n) is 2.43. The van der Waals surface area contributed by atoms with E-state index < -0.39 is 11.7 Å². The van der Waals surface area contributed by atoms with Crippen molar-refractivity contribution in [1.82, 2.24) is 5.32 Å². The Morgan fingerprint density at radius 1 is 1.50 bits per heavy atom. The minimum absolute atomic E-state index is 0.0694. The van der Waals surface area contributed by atoms with Crippen LogP contribution in [0.15, 0.2) is 0 Å². The van der Waals surface area contributed by atoms with Crippen molar-refractivity contribution in [3.8, 4) is 0 Å². The van der Waals surface area contributed by atoms with Gasteiger partial charge in [0.2, 0.25) is 0 Å². The molecule has 1 atom stereocenters. The number of hydrogen-bond donors (Lipinski definition) is 1. The fourth-order valence-electron chi connectivity index (χ4n) is 1.50. The molecule has 4 heteroatoms. The van der Waals surface area contributed by atoms with Crippen molar-refractivity contribution < 1.29 is 14.3 Å². The second-order valence-electron chi connectivity index (χ2n) is 5.46. The molecule has 16 heavy (non-hydrogen) atoms. The van der Waals surface area contributed by atoms with E-state index in [9.17, 15) is 9.59 Å². The first-order chi connectivity index (χ1) is 7.40. The van der Waals surface area contributed by atoms with E-state index in [0.717, 1.165) is 12.7 Å². The van der Waals surface area contributed by atoms with Crippen molar-refractivity contribution in [2.24, 2.45) is 11.8 Å². The molecule has 0 saturated heterocycles. The second kappa shape index (κ2) is 5.32. The van der Waals surface area contributed by atoms with Gasteiger partial charge in [0, 0.05) is 12.5 Å². The predicted molar refractivity (Wildman–Crippen MR) is 61.1 cm³/mol. The molecule has 0 aromatic rings. The maximum absolute atomic E-state index is 11.3. The average Bonchev–Trinajstić information content (AvgIpc) is 2.92. The molecule has 1 saturated carbocycles. The number of hydrogen-bond acceptors (Lipinski definition) is 3. The van der Waals surface area contributed by atoms with Crippen LogP contribution in [0.3, 0.4) is 0 Å². The first-order valence-corrected chi connectivity index (χ1v) is 5.83. The molecular weight excluding hydrogens is 206 g/mol. The van der Waals surface area contributed by atoms with E-state index >= 15 is 0 Å². The maximum Gasteiger partial charge on any atom is 0.407 e. The number of nitrogens with one attached hydrogen (secondary N) is 1. The summed E-state index contributed by atoms with van der Waals surface area (Å²) in [5.74, 6) is 0.621. The molecule has 1 amide bonds. The first kappa shape index (κ1) is 13.0. The van der Waals surface area contributed by atoms with Crippen LogP contribution in [0.4, 0.5) is 4.79 Å². The summed E-state index contributed by atoms with van der Waals surface area (Å²) in [7, 11) is 0. The standard InChI is InChI=1S/C12H21NO3/c1-12(2,3)16-11(15)13-7-10(8-14)6-9-4-5-9/h8-10H,4-7H2,1-3H3,(H,13,15)/t10-/m1/s1. The summed E-state index contributed by atoms with van der Waals surface area (Å²) in [4.78, 5) is 22.1. The predicted octanol–water partition coefficient (Wildman–Crippen LogP) is 2.13. The van der Waals surface area contributed by atoms with E-state index in [2.05, 4.69) is 5.32 Å². The van der Waals surface area contributed by atoms with Crippen molar-refractivity contribution in [2.45, 2.75) is 45.6 Å². The zero-order valence-electron chi connectivity index (χ0n) is 10.3. The molecule has 4 nitrogen and oxygen atoms in total. The van der Waals surface area contributed by atoms with E-state index in [1.54, 1.807) is 0 Å². The third-order valence-corrected chi connectivity index (χ3v) is 2.43. The van der Waals surface area contributed by atoms with Crippen LogP contribution in [0.5, 0.6) is 0 Å². The van der Waals surface area contributed by atoms with Gasteiger partial charge >= 0.3 is 6.09 Å². The van der Waals surface area contributed by atoms with Gasteiger partial charge in [0.05, 0.1) is 0 Å². The largest absolute Gasteiger partial charge is 0.444 e. The number of carbonyl (C=O) groups is 2. The Hall–Kier alpha value is -1.06. The molecule has 1 aliphatic carbocycles. The third kappa shape index (κ3) is 5.73. The van der Waals surface area contributed by atoms with E-state index in [1.165, 1.54) is 12.8 Å². The second-order valence-corrected chi connectivity index (χ2v) is 5.46. The number of carbonyl (C=O) groups excluding carboxylic acids is 2. The van der Waals surface area contributed by atoms with Crippen molar-refractivity contribution in [2.75, 3.05) is 6.54 Å². The molecule has 0 unspecified atom stereocenters. The first-order valence-electron chi connectivity index (χ1n) is 5.83. The summed E-state index contributed by atoms with van der Waals surface area (Å²) in [6, 6.07) is 0. The smallest absolute Gasteiger partial charge is 0.407 e. The van der Waals surface area contributed by atoms with E-state index in [4.69, 9.17) is 4.74 Å². The highest BCUT2D eigenvalue weighted by Gasteiger charge is 2.25. The number of aldehydes is 1. The highest BCUT2D eigenvalue weighted by Crippen LogP contribution is 2.34. The zero-order chi connectivity index (χ0) is 12.2. The number of alkyl carbamates (subject to hydrolysis) is 1. The Balaban J connectivity index is 2.20. The highest BCUT2D eigenvalue weighted by atomic mass is 16.6. The Bertz CT molecular complexity index is 253. The summed E-state index contributed by atoms with van der Waals surface area (Å²) in [5.41, 5.74) is -0.489. The summed E-state index contributed by atoms with van der Waals surface area (Å²) in [6.45, 7) is 5.82. The molecule has 1 aliphatic rings. The highest BCUT2D eigenvalue weighted by molar-refractivity contribution is 5.68. The van der Waals surface area contributed by atoms with Gasteiger partial charge in [-0.25, -0.2) is 4.79 Å². The van der Waals surface area contributed by atoms with Gasteiger partial charge in [-0.15, -0.1) is 0 Å². The van der Waals surface area contributed by atoms with Crippen molar-refractivity contribution in [1.29, 1.82) is 0 Å². The van der Waals surface area contributed by atoms with Crippen LogP contribution in [0, 0.1) is 11.8 Å². The Labute approximate surface area is 96.7 Å². The van der Waals surface area contributed by atoms with Gasteiger partial charge in [0.1, 0.15) is 11.9 Å². The molecule has 0 aromatic carbocycles. The number of rotatable bonds is 5. The number of ether oxygens (including phenoxy) is 1. The van der Waals surface area contributed by atoms with Crippen LogP contribution in [-0.2, 0) is 9.53 Å². The average molecular weight is 227 g/mol. The summed E-state index contributed by atoms with van der Waals surface area (Å²) in [5, 5.41) is 2.63. The molecule has 0 aromatic heterocycles. The molecule has 1 N–H and O–H groups in total. The molecule has 1 fully saturated rings. The summed E-state index contributed by atoms with van der Waals surface area (Å²) < 4.78 is 5.09. The minimum atomic E-state index is -0.489. The Morgan fingerprint density at radius 2 is 2.12 bits per heavy atom. The van der Waals surface area contributed by atoms with Crippen LogP contribution in [0.1, 0.15) is 40.0 Å². The Morgan fingerprint density at radius 3 is 2.56 bits per heavy atom. The van der Waals surface area contributed by atoms with E-state index in [-0.39, 0.29) is 5.92 Å². The lowest BCUT2D eigenvalue weighted by Crippen LogP contribution is -2.35. The van der Waals surface area contributed by atoms with Crippen molar-refractivity contribution >= 4 is 12.4 Å². The van der Waals surface area contributed by atoms with Crippen LogP contribution in [0.25, 0.3) is 0 Å². The lowest BCUT2D eigenvalue weighted by Gasteiger charge is -2.20. The fourth-order valence-corrected chi connectivity index (χ4v) is 1.50. The molecule has 0 aliphatic heterocycles. The van der Waals surface area contributed by atoms with Gasteiger partial charge in [0.15, 0.2) is 0 Å². The van der Waals surface area contributed by atoms with Gasteiger partial charge in [-0.3, -0.25) is 0 Å². The molecule has 1 rings (SSSR count). The molecule has 0 spiro atoms. The lowest BCUT2D eigenvalue weighted by molar-refractivity contribution is -0.111. The Kier molecular flexibility index (Phi) is 4.33. The molecule has 0 radical (unpaired) electrons. The molecule has 0 heterocycles. The van der Waals surface area contributed by atoms with Crippen LogP contribution >= 0.6 is 0 Å². The minimum Gasteiger partial charge on any atom is -0.444 e. The fraction of sp³-hybridized carbons (Fsp3) is 0.833. The quantitative estimate of drug-likeness (QED) is 0.732. The number of amides is 1. The van der Waals surface area contributed by atoms with Crippen molar-refractivity contribution in [3.05, 3.63) is 0 Å². The van der Waals surface area contributed by atoms with Gasteiger partial charge in [-0.05, 0) is 33.1 Å². The summed E-state index contributed by atoms with van der Waals surface area (Å²) >= 11 is 0. The molecule has 0 bridgehead atoms. The normalized spacial score (nSPS) is 17.7. The van der Waals surface area contributed by atoms with Gasteiger partial charge < -0.3 is 14.8 Å². The topological polar surface area (TPSA) is 55.4 Å². The van der Waals surface area contributed by atoms with E-state index in [1.807, 2.05) is 20.8 Å². The molecule has 92 valence electrons. The van der Waals surface area contributed by atoms with Crippen molar-refractivity contribution in [3.63, 3.8) is 0 Å². The summed E-state index contributed by atoms with van der Waals surface area (Å²) in [6.07, 6.45) is 3.80. The van der Waals surface area contributed by atoms with Crippen LogP contribution < -0.4 is 5.32 Å². The van der Waals surface area contributed by atoms with Gasteiger partial charge in [-0.2, -0.15) is 0 Å². The molecular formula is C12H21NO3. The van der Waals surface area contributed by atoms with E-state index in [0.29, 0.717) is 12.5 Å². The van der Waals surface area contributed by atoms with Crippen LogP contribution in [0.2, 0.25) is 0 Å². The zero-order valence-corrected chi connectivity index (χ0v) is 10.3. The maximum atomic E-state index is 11.3. The van der Waals surface area contributed by atoms with Crippen LogP contribution in [-0.4, -0.2) is 24.5 Å². The SMILES string of the molecule is CC(C)(C)OC(=O)NC[C@H](C=O)CC1CC1. The monoisotopic (exact) mass is 227 g/mol.